The van der Waals surface area contributed by atoms with Crippen molar-refractivity contribution in [3.63, 3.8) is 0 Å². The SMILES string of the molecule is Cc1noc(C)c1S(=O)(=O)Nc1noc(C2CC2)n1. The minimum Gasteiger partial charge on any atom is -0.360 e. The van der Waals surface area contributed by atoms with Crippen molar-refractivity contribution in [2.45, 2.75) is 37.5 Å². The quantitative estimate of drug-likeness (QED) is 0.901. The van der Waals surface area contributed by atoms with Gasteiger partial charge in [0.2, 0.25) is 5.89 Å². The molecule has 0 spiro atoms. The van der Waals surface area contributed by atoms with E-state index in [0.717, 1.165) is 12.8 Å². The van der Waals surface area contributed by atoms with Crippen LogP contribution in [0.15, 0.2) is 13.9 Å². The molecule has 0 atom stereocenters. The Labute approximate surface area is 109 Å². The number of nitrogens with zero attached hydrogens (tertiary/aromatic N) is 3. The highest BCUT2D eigenvalue weighted by Gasteiger charge is 2.31. The normalized spacial score (nSPS) is 15.7. The Bertz CT molecular complexity index is 694. The molecule has 1 saturated carbocycles. The second kappa shape index (κ2) is 4.05. The van der Waals surface area contributed by atoms with Crippen LogP contribution in [0.3, 0.4) is 0 Å². The Hall–Kier alpha value is -1.90. The first-order chi connectivity index (χ1) is 8.97. The molecule has 0 radical (unpaired) electrons. The topological polar surface area (TPSA) is 111 Å². The van der Waals surface area contributed by atoms with Crippen LogP contribution in [0.5, 0.6) is 0 Å². The van der Waals surface area contributed by atoms with Crippen molar-refractivity contribution in [2.24, 2.45) is 0 Å². The van der Waals surface area contributed by atoms with Gasteiger partial charge < -0.3 is 9.05 Å². The fourth-order valence-electron chi connectivity index (χ4n) is 1.80. The van der Waals surface area contributed by atoms with Gasteiger partial charge >= 0.3 is 0 Å². The van der Waals surface area contributed by atoms with Crippen molar-refractivity contribution >= 4 is 16.0 Å². The second-order valence-corrected chi connectivity index (χ2v) is 6.11. The highest BCUT2D eigenvalue weighted by Crippen LogP contribution is 2.39. The van der Waals surface area contributed by atoms with Gasteiger partial charge in [-0.3, -0.25) is 0 Å². The highest BCUT2D eigenvalue weighted by atomic mass is 32.2. The lowest BCUT2D eigenvalue weighted by molar-refractivity contribution is 0.380. The third kappa shape index (κ3) is 2.21. The third-order valence-electron chi connectivity index (χ3n) is 2.83. The summed E-state index contributed by atoms with van der Waals surface area (Å²) in [6.45, 7) is 3.08. The van der Waals surface area contributed by atoms with Crippen molar-refractivity contribution in [3.8, 4) is 0 Å². The first-order valence-electron chi connectivity index (χ1n) is 5.76. The molecule has 2 heterocycles. The van der Waals surface area contributed by atoms with Gasteiger partial charge in [0.1, 0.15) is 5.69 Å². The Balaban J connectivity index is 1.88. The number of aromatic nitrogens is 3. The predicted molar refractivity (Wildman–Crippen MR) is 63.1 cm³/mol. The molecule has 1 aliphatic carbocycles. The predicted octanol–water partition coefficient (Wildman–Crippen LogP) is 1.35. The van der Waals surface area contributed by atoms with E-state index in [9.17, 15) is 8.42 Å². The van der Waals surface area contributed by atoms with E-state index in [1.54, 1.807) is 6.92 Å². The molecule has 2 aromatic rings. The van der Waals surface area contributed by atoms with Gasteiger partial charge in [-0.25, -0.2) is 13.1 Å². The summed E-state index contributed by atoms with van der Waals surface area (Å²) in [7, 11) is -3.81. The maximum absolute atomic E-state index is 12.2. The molecule has 102 valence electrons. The van der Waals surface area contributed by atoms with E-state index in [-0.39, 0.29) is 28.2 Å². The number of hydrogen-bond donors (Lipinski definition) is 1. The Morgan fingerprint density at radius 2 is 1.95 bits per heavy atom. The van der Waals surface area contributed by atoms with E-state index >= 15 is 0 Å². The minimum atomic E-state index is -3.81. The largest absolute Gasteiger partial charge is 0.360 e. The third-order valence-corrected chi connectivity index (χ3v) is 4.40. The van der Waals surface area contributed by atoms with Gasteiger partial charge in [-0.15, -0.1) is 0 Å². The fraction of sp³-hybridized carbons (Fsp3) is 0.500. The van der Waals surface area contributed by atoms with Crippen LogP contribution < -0.4 is 4.72 Å². The van der Waals surface area contributed by atoms with Crippen LogP contribution in [0.2, 0.25) is 0 Å². The summed E-state index contributed by atoms with van der Waals surface area (Å²) in [5, 5.41) is 7.21. The molecule has 0 bridgehead atoms. The smallest absolute Gasteiger partial charge is 0.277 e. The molecule has 19 heavy (non-hydrogen) atoms. The molecule has 1 aliphatic rings. The first-order valence-corrected chi connectivity index (χ1v) is 7.25. The van der Waals surface area contributed by atoms with E-state index in [2.05, 4.69) is 20.0 Å². The van der Waals surface area contributed by atoms with Crippen LogP contribution >= 0.6 is 0 Å². The Morgan fingerprint density at radius 1 is 1.21 bits per heavy atom. The average Bonchev–Trinajstić information content (AvgIpc) is 2.98. The van der Waals surface area contributed by atoms with E-state index in [1.165, 1.54) is 6.92 Å². The van der Waals surface area contributed by atoms with Gasteiger partial charge in [0.05, 0.1) is 0 Å². The lowest BCUT2D eigenvalue weighted by atomic mass is 10.4. The van der Waals surface area contributed by atoms with Crippen LogP contribution in [-0.2, 0) is 10.0 Å². The zero-order valence-electron chi connectivity index (χ0n) is 10.4. The zero-order chi connectivity index (χ0) is 13.6. The molecule has 0 saturated heterocycles. The molecule has 0 aromatic carbocycles. The molecular formula is C10H12N4O4S. The summed E-state index contributed by atoms with van der Waals surface area (Å²) in [6, 6.07) is 0. The standard InChI is InChI=1S/C10H12N4O4S/c1-5-8(6(2)17-12-5)19(15,16)14-10-11-9(18-13-10)7-3-4-7/h7H,3-4H2,1-2H3,(H,13,14). The summed E-state index contributed by atoms with van der Waals surface area (Å²) in [5.74, 6) is 0.888. The van der Waals surface area contributed by atoms with Gasteiger partial charge in [0, 0.05) is 5.92 Å². The van der Waals surface area contributed by atoms with Crippen molar-refractivity contribution in [2.75, 3.05) is 4.72 Å². The van der Waals surface area contributed by atoms with Gasteiger partial charge in [-0.05, 0) is 31.8 Å². The monoisotopic (exact) mass is 284 g/mol. The Kier molecular flexibility index (Phi) is 2.59. The Morgan fingerprint density at radius 3 is 2.53 bits per heavy atom. The zero-order valence-corrected chi connectivity index (χ0v) is 11.2. The molecule has 1 fully saturated rings. The summed E-state index contributed by atoms with van der Waals surface area (Å²) in [5.41, 5.74) is 0.288. The molecule has 3 rings (SSSR count). The molecular weight excluding hydrogens is 272 g/mol. The number of rotatable bonds is 4. The van der Waals surface area contributed by atoms with Crippen molar-refractivity contribution < 1.29 is 17.5 Å². The van der Waals surface area contributed by atoms with Crippen LogP contribution in [-0.4, -0.2) is 23.7 Å². The summed E-state index contributed by atoms with van der Waals surface area (Å²) >= 11 is 0. The van der Waals surface area contributed by atoms with Gasteiger partial charge in [-0.2, -0.15) is 4.98 Å². The van der Waals surface area contributed by atoms with Gasteiger partial charge in [0.15, 0.2) is 10.7 Å². The van der Waals surface area contributed by atoms with Crippen LogP contribution in [0.25, 0.3) is 0 Å². The van der Waals surface area contributed by atoms with Crippen LogP contribution in [0, 0.1) is 13.8 Å². The molecule has 0 unspecified atom stereocenters. The second-order valence-electron chi connectivity index (χ2n) is 4.49. The summed E-state index contributed by atoms with van der Waals surface area (Å²) in [6.07, 6.45) is 2.00. The molecule has 8 nitrogen and oxygen atoms in total. The van der Waals surface area contributed by atoms with Crippen LogP contribution in [0.4, 0.5) is 5.95 Å². The molecule has 0 amide bonds. The van der Waals surface area contributed by atoms with E-state index in [1.807, 2.05) is 0 Å². The van der Waals surface area contributed by atoms with E-state index in [4.69, 9.17) is 9.05 Å². The van der Waals surface area contributed by atoms with Crippen LogP contribution in [0.1, 0.15) is 36.1 Å². The van der Waals surface area contributed by atoms with Gasteiger partial charge in [-0.1, -0.05) is 5.16 Å². The maximum atomic E-state index is 12.2. The molecule has 2 aromatic heterocycles. The average molecular weight is 284 g/mol. The minimum absolute atomic E-state index is 0.00488. The fourth-order valence-corrected chi connectivity index (χ4v) is 3.07. The van der Waals surface area contributed by atoms with Crippen molar-refractivity contribution in [1.29, 1.82) is 0 Å². The number of anilines is 1. The maximum Gasteiger partial charge on any atom is 0.277 e. The molecule has 0 aliphatic heterocycles. The number of hydrogen-bond acceptors (Lipinski definition) is 7. The number of sulfonamides is 1. The van der Waals surface area contributed by atoms with Gasteiger partial charge in [0.25, 0.3) is 16.0 Å². The lowest BCUT2D eigenvalue weighted by Gasteiger charge is -2.02. The summed E-state index contributed by atoms with van der Waals surface area (Å²) < 4.78 is 36.4. The van der Waals surface area contributed by atoms with E-state index < -0.39 is 10.0 Å². The van der Waals surface area contributed by atoms with Crippen molar-refractivity contribution in [3.05, 3.63) is 17.3 Å². The number of aryl methyl sites for hydroxylation is 2. The summed E-state index contributed by atoms with van der Waals surface area (Å²) in [4.78, 5) is 4.01. The molecule has 1 N–H and O–H groups in total. The van der Waals surface area contributed by atoms with E-state index in [0.29, 0.717) is 5.89 Å². The number of nitrogens with one attached hydrogen (secondary N) is 1. The molecule has 9 heteroatoms. The first kappa shape index (κ1) is 12.2. The lowest BCUT2D eigenvalue weighted by Crippen LogP contribution is -2.15. The van der Waals surface area contributed by atoms with Crippen molar-refractivity contribution in [1.82, 2.24) is 15.3 Å². The highest BCUT2D eigenvalue weighted by molar-refractivity contribution is 7.92.